The SMILES string of the molecule is O=C(O)c1sccc1CNCc1ccc(Br)cc1. The summed E-state index contributed by atoms with van der Waals surface area (Å²) >= 11 is 4.65. The summed E-state index contributed by atoms with van der Waals surface area (Å²) in [6, 6.07) is 9.89. The van der Waals surface area contributed by atoms with E-state index in [1.165, 1.54) is 16.9 Å². The molecule has 0 fully saturated rings. The first-order valence-corrected chi connectivity index (χ1v) is 7.09. The molecule has 2 N–H and O–H groups in total. The van der Waals surface area contributed by atoms with Crippen LogP contribution < -0.4 is 5.32 Å². The third kappa shape index (κ3) is 3.41. The van der Waals surface area contributed by atoms with Crippen LogP contribution in [0.25, 0.3) is 0 Å². The summed E-state index contributed by atoms with van der Waals surface area (Å²) in [5, 5.41) is 14.0. The largest absolute Gasteiger partial charge is 0.477 e. The number of carboxylic acids is 1. The van der Waals surface area contributed by atoms with Crippen molar-refractivity contribution in [3.63, 3.8) is 0 Å². The van der Waals surface area contributed by atoms with Crippen LogP contribution in [-0.4, -0.2) is 11.1 Å². The molecule has 0 unspecified atom stereocenters. The molecule has 0 saturated heterocycles. The maximum atomic E-state index is 10.9. The molecule has 2 aromatic rings. The van der Waals surface area contributed by atoms with E-state index in [-0.39, 0.29) is 0 Å². The number of halogens is 1. The van der Waals surface area contributed by atoms with Crippen LogP contribution in [0.2, 0.25) is 0 Å². The van der Waals surface area contributed by atoms with Gasteiger partial charge in [0.05, 0.1) is 0 Å². The summed E-state index contributed by atoms with van der Waals surface area (Å²) in [6.45, 7) is 1.30. The zero-order chi connectivity index (χ0) is 13.0. The van der Waals surface area contributed by atoms with Crippen molar-refractivity contribution in [3.05, 3.63) is 56.2 Å². The minimum atomic E-state index is -0.856. The first-order chi connectivity index (χ1) is 8.66. The Morgan fingerprint density at radius 3 is 2.61 bits per heavy atom. The fourth-order valence-electron chi connectivity index (χ4n) is 1.61. The van der Waals surface area contributed by atoms with E-state index in [1.807, 2.05) is 30.3 Å². The maximum Gasteiger partial charge on any atom is 0.346 e. The number of hydrogen-bond acceptors (Lipinski definition) is 3. The summed E-state index contributed by atoms with van der Waals surface area (Å²) in [4.78, 5) is 11.3. The van der Waals surface area contributed by atoms with E-state index >= 15 is 0 Å². The zero-order valence-corrected chi connectivity index (χ0v) is 11.9. The van der Waals surface area contributed by atoms with Crippen LogP contribution >= 0.6 is 27.3 Å². The Morgan fingerprint density at radius 2 is 1.94 bits per heavy atom. The molecule has 1 heterocycles. The Labute approximate surface area is 118 Å². The summed E-state index contributed by atoms with van der Waals surface area (Å²) in [6.07, 6.45) is 0. The molecule has 18 heavy (non-hydrogen) atoms. The van der Waals surface area contributed by atoms with E-state index < -0.39 is 5.97 Å². The number of thiophene rings is 1. The smallest absolute Gasteiger partial charge is 0.346 e. The average Bonchev–Trinajstić information content (AvgIpc) is 2.80. The van der Waals surface area contributed by atoms with E-state index in [9.17, 15) is 4.79 Å². The van der Waals surface area contributed by atoms with Crippen molar-refractivity contribution < 1.29 is 9.90 Å². The van der Waals surface area contributed by atoms with Crippen LogP contribution in [-0.2, 0) is 13.1 Å². The third-order valence-electron chi connectivity index (χ3n) is 2.50. The molecule has 0 amide bonds. The number of carboxylic acid groups (broad SMARTS) is 1. The molecule has 94 valence electrons. The zero-order valence-electron chi connectivity index (χ0n) is 9.52. The molecule has 1 aromatic carbocycles. The number of rotatable bonds is 5. The van der Waals surface area contributed by atoms with Gasteiger partial charge in [-0.25, -0.2) is 4.79 Å². The Hall–Kier alpha value is -1.17. The van der Waals surface area contributed by atoms with Gasteiger partial charge in [-0.3, -0.25) is 0 Å². The highest BCUT2D eigenvalue weighted by molar-refractivity contribution is 9.10. The fourth-order valence-corrected chi connectivity index (χ4v) is 2.63. The van der Waals surface area contributed by atoms with Gasteiger partial charge in [-0.2, -0.15) is 0 Å². The summed E-state index contributed by atoms with van der Waals surface area (Å²) in [5.41, 5.74) is 2.01. The van der Waals surface area contributed by atoms with E-state index in [4.69, 9.17) is 5.11 Å². The van der Waals surface area contributed by atoms with Crippen LogP contribution in [0, 0.1) is 0 Å². The van der Waals surface area contributed by atoms with Crippen LogP contribution in [0.5, 0.6) is 0 Å². The lowest BCUT2D eigenvalue weighted by Gasteiger charge is -2.05. The molecule has 0 aliphatic heterocycles. The van der Waals surface area contributed by atoms with Gasteiger partial charge in [0.25, 0.3) is 0 Å². The third-order valence-corrected chi connectivity index (χ3v) is 3.97. The van der Waals surface area contributed by atoms with E-state index in [0.29, 0.717) is 11.4 Å². The average molecular weight is 326 g/mol. The highest BCUT2D eigenvalue weighted by atomic mass is 79.9. The maximum absolute atomic E-state index is 10.9. The predicted molar refractivity (Wildman–Crippen MR) is 76.0 cm³/mol. The van der Waals surface area contributed by atoms with Crippen molar-refractivity contribution in [3.8, 4) is 0 Å². The molecule has 0 aliphatic rings. The second kappa shape index (κ2) is 6.13. The Kier molecular flexibility index (Phi) is 4.52. The molecule has 3 nitrogen and oxygen atoms in total. The normalized spacial score (nSPS) is 10.5. The molecule has 0 radical (unpaired) electrons. The van der Waals surface area contributed by atoms with Crippen LogP contribution in [0.1, 0.15) is 20.8 Å². The number of benzene rings is 1. The Morgan fingerprint density at radius 1 is 1.22 bits per heavy atom. The van der Waals surface area contributed by atoms with Gasteiger partial charge in [-0.1, -0.05) is 28.1 Å². The van der Waals surface area contributed by atoms with E-state index in [2.05, 4.69) is 21.2 Å². The van der Waals surface area contributed by atoms with Gasteiger partial charge in [0.2, 0.25) is 0 Å². The number of carbonyl (C=O) groups is 1. The van der Waals surface area contributed by atoms with Gasteiger partial charge >= 0.3 is 5.97 Å². The quantitative estimate of drug-likeness (QED) is 0.884. The molecule has 0 saturated carbocycles. The summed E-state index contributed by atoms with van der Waals surface area (Å²) < 4.78 is 1.05. The van der Waals surface area contributed by atoms with E-state index in [0.717, 1.165) is 16.6 Å². The Bertz CT molecular complexity index is 536. The van der Waals surface area contributed by atoms with Crippen molar-refractivity contribution in [1.29, 1.82) is 0 Å². The molecular formula is C13H12BrNO2S. The molecule has 2 rings (SSSR count). The fraction of sp³-hybridized carbons (Fsp3) is 0.154. The van der Waals surface area contributed by atoms with Crippen LogP contribution in [0.4, 0.5) is 0 Å². The van der Waals surface area contributed by atoms with Gasteiger partial charge in [0.15, 0.2) is 0 Å². The van der Waals surface area contributed by atoms with Crippen LogP contribution in [0.15, 0.2) is 40.2 Å². The molecule has 0 aliphatic carbocycles. The standard InChI is InChI=1S/C13H12BrNO2S/c14-11-3-1-9(2-4-11)7-15-8-10-5-6-18-12(10)13(16)17/h1-6,15H,7-8H2,(H,16,17). The van der Waals surface area contributed by atoms with Crippen LogP contribution in [0.3, 0.4) is 0 Å². The number of aromatic carboxylic acids is 1. The topological polar surface area (TPSA) is 49.3 Å². The number of nitrogens with one attached hydrogen (secondary N) is 1. The highest BCUT2D eigenvalue weighted by Gasteiger charge is 2.10. The molecule has 0 atom stereocenters. The van der Waals surface area contributed by atoms with Gasteiger partial charge in [0.1, 0.15) is 4.88 Å². The van der Waals surface area contributed by atoms with E-state index in [1.54, 1.807) is 5.38 Å². The lowest BCUT2D eigenvalue weighted by Crippen LogP contribution is -2.14. The molecule has 0 bridgehead atoms. The predicted octanol–water partition coefficient (Wildman–Crippen LogP) is 3.50. The second-order valence-electron chi connectivity index (χ2n) is 3.81. The summed E-state index contributed by atoms with van der Waals surface area (Å²) in [5.74, 6) is -0.856. The lowest BCUT2D eigenvalue weighted by molar-refractivity contribution is 0.0701. The molecule has 1 aromatic heterocycles. The van der Waals surface area contributed by atoms with Crippen molar-refractivity contribution in [1.82, 2.24) is 5.32 Å². The van der Waals surface area contributed by atoms with Crippen molar-refractivity contribution in [2.75, 3.05) is 0 Å². The van der Waals surface area contributed by atoms with Crippen molar-refractivity contribution in [2.24, 2.45) is 0 Å². The van der Waals surface area contributed by atoms with Gasteiger partial charge in [0, 0.05) is 17.6 Å². The van der Waals surface area contributed by atoms with Gasteiger partial charge < -0.3 is 10.4 Å². The first kappa shape index (κ1) is 13.3. The highest BCUT2D eigenvalue weighted by Crippen LogP contribution is 2.16. The Balaban J connectivity index is 1.90. The second-order valence-corrected chi connectivity index (χ2v) is 5.64. The minimum Gasteiger partial charge on any atom is -0.477 e. The lowest BCUT2D eigenvalue weighted by atomic mass is 10.2. The molecule has 0 spiro atoms. The summed E-state index contributed by atoms with van der Waals surface area (Å²) in [7, 11) is 0. The van der Waals surface area contributed by atoms with Crippen molar-refractivity contribution >= 4 is 33.2 Å². The first-order valence-electron chi connectivity index (χ1n) is 5.41. The molecular weight excluding hydrogens is 314 g/mol. The monoisotopic (exact) mass is 325 g/mol. The van der Waals surface area contributed by atoms with Gasteiger partial charge in [-0.05, 0) is 34.7 Å². The van der Waals surface area contributed by atoms with Crippen molar-refractivity contribution in [2.45, 2.75) is 13.1 Å². The minimum absolute atomic E-state index is 0.415. The number of hydrogen-bond donors (Lipinski definition) is 2. The van der Waals surface area contributed by atoms with Gasteiger partial charge in [-0.15, -0.1) is 11.3 Å². The molecule has 5 heteroatoms.